The van der Waals surface area contributed by atoms with Gasteiger partial charge < -0.3 is 33.8 Å². The summed E-state index contributed by atoms with van der Waals surface area (Å²) in [6.45, 7) is 17.7. The van der Waals surface area contributed by atoms with E-state index in [1.807, 2.05) is 50.8 Å². The molecule has 0 spiro atoms. The number of epoxide rings is 1. The summed E-state index contributed by atoms with van der Waals surface area (Å²) in [6.07, 6.45) is 16.9. The molecule has 0 bridgehead atoms. The van der Waals surface area contributed by atoms with Crippen molar-refractivity contribution in [3.63, 3.8) is 0 Å². The number of nitrogens with zero attached hydrogens (tertiary/aromatic N) is 2. The van der Waals surface area contributed by atoms with Gasteiger partial charge in [-0.2, -0.15) is 0 Å². The zero-order valence-electron chi connectivity index (χ0n) is 32.4. The Labute approximate surface area is 302 Å². The van der Waals surface area contributed by atoms with E-state index in [4.69, 9.17) is 14.2 Å². The first kappa shape index (κ1) is 40.6. The Morgan fingerprint density at radius 1 is 1.14 bits per heavy atom. The third kappa shape index (κ3) is 11.1. The number of likely N-dealkylation sites (tertiary alicyclic amines) is 2. The van der Waals surface area contributed by atoms with Crippen molar-refractivity contribution in [1.29, 1.82) is 0 Å². The molecule has 4 aliphatic rings. The topological polar surface area (TPSA) is 109 Å². The minimum absolute atomic E-state index is 0.00245. The van der Waals surface area contributed by atoms with Crippen LogP contribution in [0.5, 0.6) is 0 Å². The average Bonchev–Trinajstić information content (AvgIpc) is 3.85. The van der Waals surface area contributed by atoms with Gasteiger partial charge >= 0.3 is 12.1 Å². The monoisotopic (exact) mass is 702 g/mol. The van der Waals surface area contributed by atoms with Gasteiger partial charge in [-0.3, -0.25) is 4.79 Å². The summed E-state index contributed by atoms with van der Waals surface area (Å²) >= 11 is 0. The van der Waals surface area contributed by atoms with Crippen LogP contribution >= 0.6 is 0 Å². The number of allylic oxidation sites excluding steroid dienone is 3. The van der Waals surface area contributed by atoms with Crippen molar-refractivity contribution in [2.45, 2.75) is 155 Å². The number of cyclic esters (lactones) is 1. The average molecular weight is 702 g/mol. The number of quaternary nitrogens is 1. The van der Waals surface area contributed by atoms with Crippen LogP contribution < -0.4 is 0 Å². The summed E-state index contributed by atoms with van der Waals surface area (Å²) in [6, 6.07) is 0.578. The fourth-order valence-corrected chi connectivity index (χ4v) is 8.41. The van der Waals surface area contributed by atoms with Gasteiger partial charge in [-0.25, -0.2) is 4.79 Å². The van der Waals surface area contributed by atoms with Gasteiger partial charge in [0.1, 0.15) is 11.7 Å². The van der Waals surface area contributed by atoms with Crippen molar-refractivity contribution in [2.24, 2.45) is 23.7 Å². The van der Waals surface area contributed by atoms with Crippen LogP contribution in [0.1, 0.15) is 113 Å². The Hall–Kier alpha value is -2.20. The highest BCUT2D eigenvalue weighted by Crippen LogP contribution is 2.37. The number of ether oxygens (including phenoxy) is 3. The highest BCUT2D eigenvalue weighted by atomic mass is 16.6. The van der Waals surface area contributed by atoms with E-state index in [0.717, 1.165) is 35.7 Å². The Morgan fingerprint density at radius 3 is 2.48 bits per heavy atom. The summed E-state index contributed by atoms with van der Waals surface area (Å²) in [5.74, 6) is -0.0441. The van der Waals surface area contributed by atoms with E-state index in [-0.39, 0.29) is 60.5 Å². The van der Waals surface area contributed by atoms with Crippen LogP contribution in [0.3, 0.4) is 0 Å². The molecule has 50 heavy (non-hydrogen) atoms. The molecule has 0 aliphatic carbocycles. The number of carbonyl (C=O) groups excluding carboxylic acids is 2. The summed E-state index contributed by atoms with van der Waals surface area (Å²) in [7, 11) is 2.38. The lowest BCUT2D eigenvalue weighted by Gasteiger charge is -2.47. The molecule has 9 nitrogen and oxygen atoms in total. The molecule has 0 saturated carbocycles. The lowest BCUT2D eigenvalue weighted by atomic mass is 9.87. The molecule has 10 atom stereocenters. The molecular weight excluding hydrogens is 632 g/mol. The third-order valence-electron chi connectivity index (χ3n) is 12.3. The SMILES string of the molecule is CC[C@H](O)[C@@H](C)[C@H]1O[C@@H]1C[C@H](C)/C=C/C=C(\C)[C@H]1OC(=O)C[C@H](C)CC[C@@](C)(O)[C@@H](OC(=O)N2CCC([N+]3(C)CCCCC3)CC2)/C=C/[C@@H]1C. The lowest BCUT2D eigenvalue weighted by molar-refractivity contribution is -0.938. The van der Waals surface area contributed by atoms with Gasteiger partial charge in [0.25, 0.3) is 0 Å². The van der Waals surface area contributed by atoms with Crippen LogP contribution in [0.25, 0.3) is 0 Å². The third-order valence-corrected chi connectivity index (χ3v) is 12.3. The summed E-state index contributed by atoms with van der Waals surface area (Å²) in [5.41, 5.74) is -0.374. The van der Waals surface area contributed by atoms with Gasteiger partial charge in [-0.1, -0.05) is 58.9 Å². The molecule has 4 aliphatic heterocycles. The second-order valence-corrected chi connectivity index (χ2v) is 16.9. The molecule has 9 heteroatoms. The van der Waals surface area contributed by atoms with E-state index >= 15 is 0 Å². The van der Waals surface area contributed by atoms with Crippen LogP contribution in [-0.2, 0) is 19.0 Å². The normalized spacial score (nSPS) is 35.7. The number of aliphatic hydroxyl groups excluding tert-OH is 1. The van der Waals surface area contributed by atoms with Crippen LogP contribution in [0.15, 0.2) is 36.0 Å². The van der Waals surface area contributed by atoms with Crippen LogP contribution in [0.2, 0.25) is 0 Å². The zero-order chi connectivity index (χ0) is 36.6. The minimum Gasteiger partial charge on any atom is -0.457 e. The van der Waals surface area contributed by atoms with Crippen LogP contribution in [-0.4, -0.2) is 107 Å². The molecule has 3 fully saturated rings. The van der Waals surface area contributed by atoms with Crippen LogP contribution in [0.4, 0.5) is 4.79 Å². The fraction of sp³-hybridized carbons (Fsp3) is 0.805. The van der Waals surface area contributed by atoms with E-state index in [0.29, 0.717) is 32.0 Å². The van der Waals surface area contributed by atoms with Crippen molar-refractivity contribution in [3.8, 4) is 0 Å². The maximum Gasteiger partial charge on any atom is 0.410 e. The number of rotatable bonds is 10. The molecule has 3 saturated heterocycles. The Kier molecular flexibility index (Phi) is 14.6. The van der Waals surface area contributed by atoms with E-state index in [9.17, 15) is 19.8 Å². The minimum atomic E-state index is -1.29. The lowest BCUT2D eigenvalue weighted by Crippen LogP contribution is -2.59. The molecule has 1 amide bonds. The van der Waals surface area contributed by atoms with Gasteiger partial charge in [-0.15, -0.1) is 0 Å². The Morgan fingerprint density at radius 2 is 1.82 bits per heavy atom. The van der Waals surface area contributed by atoms with E-state index in [1.165, 1.54) is 32.4 Å². The molecular formula is C41H69N2O7+. The smallest absolute Gasteiger partial charge is 0.410 e. The molecule has 0 aromatic carbocycles. The quantitative estimate of drug-likeness (QED) is 0.0833. The first-order valence-corrected chi connectivity index (χ1v) is 19.7. The largest absolute Gasteiger partial charge is 0.457 e. The standard InChI is InChI=1S/C41H69N2O7/c1-9-34(44)32(6)39-35(48-39)26-28(2)14-13-15-30(4)38-31(5)16-17-36(41(7,47)21-18-29(3)27-37(45)50-38)49-40(46)42-22-19-33(20-23-42)43(8)24-11-10-12-25-43/h13-17,28-29,31-36,38-39,44,47H,9-12,18-27H2,1-8H3/q+1/b14-13+,17-16+,30-15+/t28-,29-,31+,32-,34+,35-,36+,38-,39-,41-/m1/s1. The summed E-state index contributed by atoms with van der Waals surface area (Å²) in [4.78, 5) is 28.4. The molecule has 0 radical (unpaired) electrons. The van der Waals surface area contributed by atoms with E-state index in [2.05, 4.69) is 27.0 Å². The molecule has 0 aromatic rings. The van der Waals surface area contributed by atoms with Gasteiger partial charge in [0.15, 0.2) is 6.10 Å². The number of hydrogen-bond acceptors (Lipinski definition) is 7. The number of amides is 1. The summed E-state index contributed by atoms with van der Waals surface area (Å²) in [5, 5.41) is 21.8. The van der Waals surface area contributed by atoms with Crippen molar-refractivity contribution in [3.05, 3.63) is 36.0 Å². The second kappa shape index (κ2) is 18.0. The highest BCUT2D eigenvalue weighted by molar-refractivity contribution is 5.70. The van der Waals surface area contributed by atoms with Gasteiger partial charge in [0.05, 0.1) is 44.5 Å². The Balaban J connectivity index is 1.41. The van der Waals surface area contributed by atoms with E-state index in [1.54, 1.807) is 13.0 Å². The first-order valence-electron chi connectivity index (χ1n) is 19.7. The van der Waals surface area contributed by atoms with Gasteiger partial charge in [0, 0.05) is 44.2 Å². The molecule has 0 unspecified atom stereocenters. The maximum atomic E-state index is 13.5. The van der Waals surface area contributed by atoms with Gasteiger partial charge in [-0.05, 0) is 82.3 Å². The van der Waals surface area contributed by atoms with Crippen molar-refractivity contribution in [2.75, 3.05) is 33.2 Å². The molecule has 284 valence electrons. The number of aliphatic hydroxyl groups is 2. The number of piperidine rings is 2. The second-order valence-electron chi connectivity index (χ2n) is 16.9. The number of carbonyl (C=O) groups is 2. The highest BCUT2D eigenvalue weighted by Gasteiger charge is 2.45. The molecule has 4 rings (SSSR count). The molecule has 0 aromatic heterocycles. The molecule has 4 heterocycles. The fourth-order valence-electron chi connectivity index (χ4n) is 8.41. The summed E-state index contributed by atoms with van der Waals surface area (Å²) < 4.78 is 19.2. The number of hydrogen-bond donors (Lipinski definition) is 2. The van der Waals surface area contributed by atoms with Gasteiger partial charge in [0.2, 0.25) is 0 Å². The number of esters is 1. The van der Waals surface area contributed by atoms with Crippen molar-refractivity contribution >= 4 is 12.1 Å². The van der Waals surface area contributed by atoms with Crippen LogP contribution in [0, 0.1) is 23.7 Å². The van der Waals surface area contributed by atoms with Crippen molar-refractivity contribution in [1.82, 2.24) is 4.90 Å². The maximum absolute atomic E-state index is 13.5. The van der Waals surface area contributed by atoms with Crippen molar-refractivity contribution < 1.29 is 38.5 Å². The first-order chi connectivity index (χ1) is 23.6. The van der Waals surface area contributed by atoms with E-state index < -0.39 is 17.8 Å². The predicted octanol–water partition coefficient (Wildman–Crippen LogP) is 6.96. The Bertz CT molecular complexity index is 1200. The zero-order valence-corrected chi connectivity index (χ0v) is 32.4. The predicted molar refractivity (Wildman–Crippen MR) is 197 cm³/mol. The molecule has 2 N–H and O–H groups in total.